The molecule has 4 heteroatoms. The molecule has 0 spiro atoms. The van der Waals surface area contributed by atoms with Crippen molar-refractivity contribution >= 4 is 17.3 Å². The van der Waals surface area contributed by atoms with Crippen LogP contribution in [0.1, 0.15) is 44.9 Å². The van der Waals surface area contributed by atoms with Crippen molar-refractivity contribution in [3.05, 3.63) is 18.5 Å². The molecule has 2 N–H and O–H groups in total. The van der Waals surface area contributed by atoms with E-state index in [-0.39, 0.29) is 5.91 Å². The van der Waals surface area contributed by atoms with Crippen molar-refractivity contribution < 1.29 is 4.79 Å². The fourth-order valence-corrected chi connectivity index (χ4v) is 2.81. The van der Waals surface area contributed by atoms with Gasteiger partial charge in [-0.05, 0) is 18.4 Å². The molecule has 1 aliphatic carbocycles. The van der Waals surface area contributed by atoms with Crippen molar-refractivity contribution in [2.45, 2.75) is 44.9 Å². The van der Waals surface area contributed by atoms with Crippen LogP contribution in [0.25, 0.3) is 0 Å². The van der Waals surface area contributed by atoms with E-state index in [0.717, 1.165) is 18.0 Å². The fraction of sp³-hybridized carbons (Fsp3) is 0.600. The van der Waals surface area contributed by atoms with Gasteiger partial charge in [0, 0.05) is 19.7 Å². The molecule has 0 saturated heterocycles. The van der Waals surface area contributed by atoms with Gasteiger partial charge >= 0.3 is 0 Å². The highest BCUT2D eigenvalue weighted by molar-refractivity contribution is 5.95. The third-order valence-electron chi connectivity index (χ3n) is 4.05. The summed E-state index contributed by atoms with van der Waals surface area (Å²) in [5.74, 6) is 0.879. The Kier molecular flexibility index (Phi) is 4.77. The van der Waals surface area contributed by atoms with Crippen LogP contribution in [0, 0.1) is 5.92 Å². The van der Waals surface area contributed by atoms with E-state index in [1.807, 2.05) is 0 Å². The predicted octanol–water partition coefficient (Wildman–Crippen LogP) is 2.99. The molecule has 1 aliphatic rings. The molecule has 2 rings (SSSR count). The SMILES string of the molecule is CN(C(=O)CCC1CCCCC1)c1ccncc1N. The molecule has 0 aliphatic heterocycles. The van der Waals surface area contributed by atoms with E-state index in [1.165, 1.54) is 32.1 Å². The van der Waals surface area contributed by atoms with Crippen LogP contribution < -0.4 is 10.6 Å². The molecule has 19 heavy (non-hydrogen) atoms. The number of rotatable bonds is 4. The molecule has 1 fully saturated rings. The van der Waals surface area contributed by atoms with Gasteiger partial charge < -0.3 is 10.6 Å². The first-order valence-electron chi connectivity index (χ1n) is 7.14. The van der Waals surface area contributed by atoms with Crippen LogP contribution in [0.15, 0.2) is 18.5 Å². The second kappa shape index (κ2) is 6.55. The summed E-state index contributed by atoms with van der Waals surface area (Å²) in [7, 11) is 1.79. The fourth-order valence-electron chi connectivity index (χ4n) is 2.81. The number of amides is 1. The highest BCUT2D eigenvalue weighted by Crippen LogP contribution is 2.28. The van der Waals surface area contributed by atoms with Gasteiger partial charge in [0.1, 0.15) is 0 Å². The lowest BCUT2D eigenvalue weighted by atomic mass is 9.86. The van der Waals surface area contributed by atoms with Crippen molar-refractivity contribution in [3.8, 4) is 0 Å². The summed E-state index contributed by atoms with van der Waals surface area (Å²) in [6, 6.07) is 1.79. The van der Waals surface area contributed by atoms with Gasteiger partial charge in [-0.3, -0.25) is 9.78 Å². The summed E-state index contributed by atoms with van der Waals surface area (Å²) in [5.41, 5.74) is 7.15. The molecule has 0 aromatic carbocycles. The van der Waals surface area contributed by atoms with Gasteiger partial charge in [0.2, 0.25) is 5.91 Å². The smallest absolute Gasteiger partial charge is 0.226 e. The van der Waals surface area contributed by atoms with Crippen LogP contribution >= 0.6 is 0 Å². The topological polar surface area (TPSA) is 59.2 Å². The first-order chi connectivity index (χ1) is 9.18. The number of hydrogen-bond donors (Lipinski definition) is 1. The van der Waals surface area contributed by atoms with E-state index in [4.69, 9.17) is 5.73 Å². The summed E-state index contributed by atoms with van der Waals surface area (Å²) in [6.45, 7) is 0. The molecule has 4 nitrogen and oxygen atoms in total. The molecular formula is C15H23N3O. The number of aromatic nitrogens is 1. The third-order valence-corrected chi connectivity index (χ3v) is 4.05. The van der Waals surface area contributed by atoms with E-state index in [1.54, 1.807) is 30.4 Å². The maximum absolute atomic E-state index is 12.2. The molecule has 1 heterocycles. The Morgan fingerprint density at radius 1 is 1.42 bits per heavy atom. The zero-order chi connectivity index (χ0) is 13.7. The Labute approximate surface area is 115 Å². The predicted molar refractivity (Wildman–Crippen MR) is 77.9 cm³/mol. The first kappa shape index (κ1) is 13.8. The van der Waals surface area contributed by atoms with Crippen LogP contribution in [0.4, 0.5) is 11.4 Å². The lowest BCUT2D eigenvalue weighted by Gasteiger charge is -2.23. The normalized spacial score (nSPS) is 16.3. The Morgan fingerprint density at radius 3 is 2.84 bits per heavy atom. The van der Waals surface area contributed by atoms with E-state index < -0.39 is 0 Å². The Bertz CT molecular complexity index is 427. The molecule has 1 saturated carbocycles. The molecule has 0 unspecified atom stereocenters. The highest BCUT2D eigenvalue weighted by atomic mass is 16.2. The van der Waals surface area contributed by atoms with Gasteiger partial charge in [-0.1, -0.05) is 32.1 Å². The van der Waals surface area contributed by atoms with Gasteiger partial charge in [0.15, 0.2) is 0 Å². The largest absolute Gasteiger partial charge is 0.396 e. The number of nitrogens with two attached hydrogens (primary N) is 1. The Hall–Kier alpha value is -1.58. The first-order valence-corrected chi connectivity index (χ1v) is 7.14. The Morgan fingerprint density at radius 2 is 2.16 bits per heavy atom. The maximum atomic E-state index is 12.2. The highest BCUT2D eigenvalue weighted by Gasteiger charge is 2.18. The van der Waals surface area contributed by atoms with Crippen molar-refractivity contribution in [3.63, 3.8) is 0 Å². The number of carbonyl (C=O) groups excluding carboxylic acids is 1. The van der Waals surface area contributed by atoms with Crippen LogP contribution in [0.3, 0.4) is 0 Å². The second-order valence-electron chi connectivity index (χ2n) is 5.43. The number of hydrogen-bond acceptors (Lipinski definition) is 3. The summed E-state index contributed by atoms with van der Waals surface area (Å²) >= 11 is 0. The third kappa shape index (κ3) is 3.69. The Balaban J connectivity index is 1.87. The van der Waals surface area contributed by atoms with Crippen LogP contribution in [-0.2, 0) is 4.79 Å². The van der Waals surface area contributed by atoms with Crippen LogP contribution in [-0.4, -0.2) is 17.9 Å². The summed E-state index contributed by atoms with van der Waals surface area (Å²) in [6.07, 6.45) is 11.5. The van der Waals surface area contributed by atoms with Crippen LogP contribution in [0.5, 0.6) is 0 Å². The van der Waals surface area contributed by atoms with Gasteiger partial charge in [-0.2, -0.15) is 0 Å². The minimum Gasteiger partial charge on any atom is -0.396 e. The molecule has 1 aromatic heterocycles. The lowest BCUT2D eigenvalue weighted by Crippen LogP contribution is -2.27. The summed E-state index contributed by atoms with van der Waals surface area (Å²) in [5, 5.41) is 0. The molecule has 0 radical (unpaired) electrons. The molecule has 1 amide bonds. The number of nitrogen functional groups attached to an aromatic ring is 1. The van der Waals surface area contributed by atoms with Crippen molar-refractivity contribution in [2.24, 2.45) is 5.92 Å². The van der Waals surface area contributed by atoms with Gasteiger partial charge in [0.05, 0.1) is 17.6 Å². The molecule has 104 valence electrons. The molecular weight excluding hydrogens is 238 g/mol. The number of pyridine rings is 1. The van der Waals surface area contributed by atoms with Gasteiger partial charge in [-0.15, -0.1) is 0 Å². The molecule has 0 bridgehead atoms. The standard InChI is InChI=1S/C15H23N3O/c1-18(14-9-10-17-11-13(14)16)15(19)8-7-12-5-3-2-4-6-12/h9-12H,2-8,16H2,1H3. The average Bonchev–Trinajstić information content (AvgIpc) is 2.45. The van der Waals surface area contributed by atoms with Gasteiger partial charge in [-0.25, -0.2) is 0 Å². The molecule has 0 atom stereocenters. The molecule has 1 aromatic rings. The van der Waals surface area contributed by atoms with Crippen LogP contribution in [0.2, 0.25) is 0 Å². The summed E-state index contributed by atoms with van der Waals surface area (Å²) in [4.78, 5) is 17.8. The van der Waals surface area contributed by atoms with E-state index >= 15 is 0 Å². The van der Waals surface area contributed by atoms with E-state index in [9.17, 15) is 4.79 Å². The van der Waals surface area contributed by atoms with E-state index in [0.29, 0.717) is 12.1 Å². The van der Waals surface area contributed by atoms with Gasteiger partial charge in [0.25, 0.3) is 0 Å². The van der Waals surface area contributed by atoms with E-state index in [2.05, 4.69) is 4.98 Å². The lowest BCUT2D eigenvalue weighted by molar-refractivity contribution is -0.118. The quantitative estimate of drug-likeness (QED) is 0.906. The zero-order valence-electron chi connectivity index (χ0n) is 11.6. The number of anilines is 2. The maximum Gasteiger partial charge on any atom is 0.226 e. The second-order valence-corrected chi connectivity index (χ2v) is 5.43. The minimum absolute atomic E-state index is 0.142. The minimum atomic E-state index is 0.142. The summed E-state index contributed by atoms with van der Waals surface area (Å²) < 4.78 is 0. The number of carbonyl (C=O) groups is 1. The van der Waals surface area contributed by atoms with Crippen molar-refractivity contribution in [2.75, 3.05) is 17.7 Å². The number of nitrogens with zero attached hydrogens (tertiary/aromatic N) is 2. The average molecular weight is 261 g/mol. The van der Waals surface area contributed by atoms with Crippen molar-refractivity contribution in [1.82, 2.24) is 4.98 Å². The van der Waals surface area contributed by atoms with Crippen molar-refractivity contribution in [1.29, 1.82) is 0 Å². The monoisotopic (exact) mass is 261 g/mol. The zero-order valence-corrected chi connectivity index (χ0v) is 11.6.